The first kappa shape index (κ1) is 15.1. The molecular formula is C18H19N3O2. The smallest absolute Gasteiger partial charge is 0.319 e. The van der Waals surface area contributed by atoms with E-state index in [1.165, 1.54) is 0 Å². The Bertz CT molecular complexity index is 698. The van der Waals surface area contributed by atoms with E-state index in [9.17, 15) is 9.59 Å². The second kappa shape index (κ2) is 6.52. The Morgan fingerprint density at radius 1 is 1.09 bits per heavy atom. The predicted molar refractivity (Wildman–Crippen MR) is 90.5 cm³/mol. The second-order valence-corrected chi connectivity index (χ2v) is 5.63. The summed E-state index contributed by atoms with van der Waals surface area (Å²) >= 11 is 0. The molecule has 118 valence electrons. The first-order chi connectivity index (χ1) is 11.1. The lowest BCUT2D eigenvalue weighted by molar-refractivity contribution is -0.118. The molecule has 1 aliphatic heterocycles. The summed E-state index contributed by atoms with van der Waals surface area (Å²) in [4.78, 5) is 26.2. The largest absolute Gasteiger partial charge is 0.326 e. The molecule has 3 rings (SSSR count). The summed E-state index contributed by atoms with van der Waals surface area (Å²) in [6.07, 6.45) is 0.606. The maximum Gasteiger partial charge on any atom is 0.319 e. The summed E-state index contributed by atoms with van der Waals surface area (Å²) in [5.74, 6) is -0.0738. The van der Waals surface area contributed by atoms with Crippen molar-refractivity contribution in [1.82, 2.24) is 5.32 Å². The van der Waals surface area contributed by atoms with Crippen molar-refractivity contribution in [3.63, 3.8) is 0 Å². The maximum absolute atomic E-state index is 12.4. The number of hydrogen-bond acceptors (Lipinski definition) is 2. The molecule has 5 heteroatoms. The van der Waals surface area contributed by atoms with Gasteiger partial charge >= 0.3 is 6.03 Å². The normalized spacial score (nSPS) is 17.2. The summed E-state index contributed by atoms with van der Waals surface area (Å²) in [5.41, 5.74) is 2.69. The van der Waals surface area contributed by atoms with Crippen molar-refractivity contribution < 1.29 is 9.59 Å². The Kier molecular flexibility index (Phi) is 4.28. The maximum atomic E-state index is 12.4. The molecule has 0 aliphatic carbocycles. The number of para-hydroxylation sites is 1. The van der Waals surface area contributed by atoms with E-state index in [0.29, 0.717) is 18.7 Å². The van der Waals surface area contributed by atoms with Gasteiger partial charge in [0.15, 0.2) is 0 Å². The number of aryl methyl sites for hydroxylation is 1. The third-order valence-electron chi connectivity index (χ3n) is 3.89. The molecule has 0 bridgehead atoms. The minimum Gasteiger partial charge on any atom is -0.326 e. The highest BCUT2D eigenvalue weighted by Gasteiger charge is 2.33. The van der Waals surface area contributed by atoms with Gasteiger partial charge in [0, 0.05) is 17.9 Å². The van der Waals surface area contributed by atoms with Crippen molar-refractivity contribution in [2.24, 2.45) is 0 Å². The lowest BCUT2D eigenvalue weighted by Crippen LogP contribution is -2.43. The van der Waals surface area contributed by atoms with Gasteiger partial charge in [-0.2, -0.15) is 0 Å². The third kappa shape index (κ3) is 3.51. The molecule has 1 saturated heterocycles. The molecule has 3 amide bonds. The first-order valence-corrected chi connectivity index (χ1v) is 7.64. The monoisotopic (exact) mass is 309 g/mol. The number of rotatable bonds is 3. The van der Waals surface area contributed by atoms with Crippen LogP contribution in [0, 0.1) is 6.92 Å². The Labute approximate surface area is 135 Å². The number of anilines is 2. The van der Waals surface area contributed by atoms with E-state index in [0.717, 1.165) is 11.3 Å². The number of carbonyl (C=O) groups excluding carboxylic acids is 2. The fraction of sp³-hybridized carbons (Fsp3) is 0.222. The summed E-state index contributed by atoms with van der Waals surface area (Å²) in [6.45, 7) is 2.59. The van der Waals surface area contributed by atoms with E-state index in [1.54, 1.807) is 4.90 Å². The quantitative estimate of drug-likeness (QED) is 0.916. The van der Waals surface area contributed by atoms with Gasteiger partial charge in [0.2, 0.25) is 5.91 Å². The van der Waals surface area contributed by atoms with Crippen LogP contribution < -0.4 is 15.5 Å². The number of hydrogen-bond donors (Lipinski definition) is 2. The van der Waals surface area contributed by atoms with E-state index in [2.05, 4.69) is 10.6 Å². The average molecular weight is 309 g/mol. The SMILES string of the molecule is Cc1ccc(NC(=O)N[C@@H]2CCN(c3ccccc3)C2=O)cc1. The highest BCUT2D eigenvalue weighted by molar-refractivity contribution is 6.02. The van der Waals surface area contributed by atoms with Gasteiger partial charge in [-0.3, -0.25) is 4.79 Å². The predicted octanol–water partition coefficient (Wildman–Crippen LogP) is 2.92. The van der Waals surface area contributed by atoms with Crippen molar-refractivity contribution in [2.75, 3.05) is 16.8 Å². The van der Waals surface area contributed by atoms with Gasteiger partial charge in [-0.25, -0.2) is 4.79 Å². The van der Waals surface area contributed by atoms with Gasteiger partial charge in [-0.1, -0.05) is 35.9 Å². The lowest BCUT2D eigenvalue weighted by atomic mass is 10.2. The van der Waals surface area contributed by atoms with E-state index in [4.69, 9.17) is 0 Å². The minimum absolute atomic E-state index is 0.0738. The average Bonchev–Trinajstić information content (AvgIpc) is 2.91. The molecule has 1 aliphatic rings. The van der Waals surface area contributed by atoms with E-state index in [1.807, 2.05) is 61.5 Å². The third-order valence-corrected chi connectivity index (χ3v) is 3.89. The van der Waals surface area contributed by atoms with Crippen molar-refractivity contribution in [3.8, 4) is 0 Å². The summed E-state index contributed by atoms with van der Waals surface area (Å²) in [5, 5.41) is 5.50. The van der Waals surface area contributed by atoms with Crippen LogP contribution in [-0.4, -0.2) is 24.5 Å². The van der Waals surface area contributed by atoms with Crippen LogP contribution in [0.3, 0.4) is 0 Å². The zero-order chi connectivity index (χ0) is 16.2. The molecule has 2 N–H and O–H groups in total. The van der Waals surface area contributed by atoms with Gasteiger partial charge in [-0.05, 0) is 37.6 Å². The summed E-state index contributed by atoms with van der Waals surface area (Å²) in [6, 6.07) is 16.2. The number of amides is 3. The van der Waals surface area contributed by atoms with Crippen LogP contribution in [0.2, 0.25) is 0 Å². The van der Waals surface area contributed by atoms with E-state index >= 15 is 0 Å². The lowest BCUT2D eigenvalue weighted by Gasteiger charge is -2.17. The van der Waals surface area contributed by atoms with E-state index in [-0.39, 0.29) is 11.9 Å². The number of nitrogens with one attached hydrogen (secondary N) is 2. The standard InChI is InChI=1S/C18H19N3O2/c1-13-7-9-14(10-8-13)19-18(23)20-16-11-12-21(17(16)22)15-5-3-2-4-6-15/h2-10,16H,11-12H2,1H3,(H2,19,20,23)/t16-/m1/s1. The number of urea groups is 1. The Balaban J connectivity index is 1.59. The molecule has 5 nitrogen and oxygen atoms in total. The fourth-order valence-corrected chi connectivity index (χ4v) is 2.64. The highest BCUT2D eigenvalue weighted by atomic mass is 16.2. The topological polar surface area (TPSA) is 61.4 Å². The van der Waals surface area contributed by atoms with Gasteiger partial charge in [-0.15, -0.1) is 0 Å². The van der Waals surface area contributed by atoms with Gasteiger partial charge in [0.05, 0.1) is 0 Å². The minimum atomic E-state index is -0.486. The fourth-order valence-electron chi connectivity index (χ4n) is 2.64. The molecule has 23 heavy (non-hydrogen) atoms. The van der Waals surface area contributed by atoms with Crippen LogP contribution in [0.4, 0.5) is 16.2 Å². The number of carbonyl (C=O) groups is 2. The Morgan fingerprint density at radius 2 is 1.78 bits per heavy atom. The van der Waals surface area contributed by atoms with Crippen LogP contribution in [0.25, 0.3) is 0 Å². The molecule has 1 heterocycles. The zero-order valence-electron chi connectivity index (χ0n) is 13.0. The molecule has 2 aromatic carbocycles. The number of nitrogens with zero attached hydrogens (tertiary/aromatic N) is 1. The van der Waals surface area contributed by atoms with Crippen LogP contribution >= 0.6 is 0 Å². The molecule has 0 aromatic heterocycles. The molecule has 0 unspecified atom stereocenters. The summed E-state index contributed by atoms with van der Waals surface area (Å²) < 4.78 is 0. The van der Waals surface area contributed by atoms with Crippen molar-refractivity contribution in [2.45, 2.75) is 19.4 Å². The van der Waals surface area contributed by atoms with Crippen molar-refractivity contribution in [1.29, 1.82) is 0 Å². The number of benzene rings is 2. The molecule has 0 spiro atoms. The molecular weight excluding hydrogens is 290 g/mol. The van der Waals surface area contributed by atoms with Crippen molar-refractivity contribution in [3.05, 3.63) is 60.2 Å². The zero-order valence-corrected chi connectivity index (χ0v) is 13.0. The highest BCUT2D eigenvalue weighted by Crippen LogP contribution is 2.21. The second-order valence-electron chi connectivity index (χ2n) is 5.63. The van der Waals surface area contributed by atoms with Gasteiger partial charge in [0.25, 0.3) is 0 Å². The molecule has 1 fully saturated rings. The van der Waals surface area contributed by atoms with Gasteiger partial charge in [0.1, 0.15) is 6.04 Å². The van der Waals surface area contributed by atoms with Crippen LogP contribution in [-0.2, 0) is 4.79 Å². The molecule has 1 atom stereocenters. The summed E-state index contributed by atoms with van der Waals surface area (Å²) in [7, 11) is 0. The Hall–Kier alpha value is -2.82. The molecule has 0 radical (unpaired) electrons. The first-order valence-electron chi connectivity index (χ1n) is 7.64. The van der Waals surface area contributed by atoms with E-state index < -0.39 is 6.04 Å². The van der Waals surface area contributed by atoms with Crippen LogP contribution in [0.5, 0.6) is 0 Å². The Morgan fingerprint density at radius 3 is 2.48 bits per heavy atom. The van der Waals surface area contributed by atoms with Crippen molar-refractivity contribution >= 4 is 23.3 Å². The van der Waals surface area contributed by atoms with Crippen LogP contribution in [0.15, 0.2) is 54.6 Å². The van der Waals surface area contributed by atoms with Gasteiger partial charge < -0.3 is 15.5 Å². The van der Waals surface area contributed by atoms with Crippen LogP contribution in [0.1, 0.15) is 12.0 Å². The molecule has 2 aromatic rings. The molecule has 0 saturated carbocycles.